The number of quaternary nitrogens is 1. The number of carbonyl (C=O) groups excluding carboxylic acids is 1. The molecular weight excluding hydrogens is 342 g/mol. The summed E-state index contributed by atoms with van der Waals surface area (Å²) in [6.45, 7) is 4.60. The Labute approximate surface area is 150 Å². The predicted molar refractivity (Wildman–Crippen MR) is 96.5 cm³/mol. The Bertz CT molecular complexity index is 719. The van der Waals surface area contributed by atoms with Crippen LogP contribution >= 0.6 is 0 Å². The molecule has 2 atom stereocenters. The summed E-state index contributed by atoms with van der Waals surface area (Å²) in [6, 6.07) is 4.65. The Morgan fingerprint density at radius 2 is 2.12 bits per heavy atom. The van der Waals surface area contributed by atoms with Gasteiger partial charge < -0.3 is 15.0 Å². The summed E-state index contributed by atoms with van der Waals surface area (Å²) in [6.07, 6.45) is 2.35. The monoisotopic (exact) mass is 370 g/mol. The second kappa shape index (κ2) is 8.16. The topological polar surface area (TPSA) is 80.1 Å². The highest BCUT2D eigenvalue weighted by Crippen LogP contribution is 2.28. The van der Waals surface area contributed by atoms with Crippen LogP contribution in [0.2, 0.25) is 0 Å². The summed E-state index contributed by atoms with van der Waals surface area (Å²) in [4.78, 5) is 13.6. The van der Waals surface area contributed by atoms with Crippen molar-refractivity contribution in [3.8, 4) is 5.75 Å². The fourth-order valence-corrected chi connectivity index (χ4v) is 4.22. The van der Waals surface area contributed by atoms with Crippen molar-refractivity contribution in [2.75, 3.05) is 46.2 Å². The van der Waals surface area contributed by atoms with Crippen LogP contribution in [-0.2, 0) is 14.8 Å². The number of benzene rings is 1. The minimum absolute atomic E-state index is 0.0386. The van der Waals surface area contributed by atoms with Crippen LogP contribution in [0.4, 0.5) is 5.69 Å². The van der Waals surface area contributed by atoms with E-state index in [0.29, 0.717) is 18.2 Å². The quantitative estimate of drug-likeness (QED) is 0.750. The summed E-state index contributed by atoms with van der Waals surface area (Å²) in [5.74, 6) is 0.777. The highest BCUT2D eigenvalue weighted by atomic mass is 32.2. The molecule has 1 aliphatic heterocycles. The first-order chi connectivity index (χ1) is 11.7. The molecule has 7 nitrogen and oxygen atoms in total. The van der Waals surface area contributed by atoms with E-state index in [9.17, 15) is 13.2 Å². The third kappa shape index (κ3) is 4.93. The number of nitrogens with zero attached hydrogens (tertiary/aromatic N) is 1. The van der Waals surface area contributed by atoms with Crippen LogP contribution in [0, 0.1) is 5.92 Å². The molecule has 0 spiro atoms. The van der Waals surface area contributed by atoms with Gasteiger partial charge in [0.15, 0.2) is 6.54 Å². The van der Waals surface area contributed by atoms with Crippen molar-refractivity contribution in [1.29, 1.82) is 0 Å². The lowest BCUT2D eigenvalue weighted by Gasteiger charge is -2.27. The highest BCUT2D eigenvalue weighted by Gasteiger charge is 2.24. The average molecular weight is 370 g/mol. The molecule has 1 fully saturated rings. The number of carbonyl (C=O) groups is 1. The van der Waals surface area contributed by atoms with E-state index in [4.69, 9.17) is 4.74 Å². The lowest BCUT2D eigenvalue weighted by Crippen LogP contribution is -3.14. The van der Waals surface area contributed by atoms with Gasteiger partial charge in [-0.2, -0.15) is 0 Å². The lowest BCUT2D eigenvalue weighted by molar-refractivity contribution is -0.900. The van der Waals surface area contributed by atoms with Gasteiger partial charge in [0.25, 0.3) is 5.91 Å². The number of piperidine rings is 1. The van der Waals surface area contributed by atoms with Crippen LogP contribution in [-0.4, -0.2) is 59.5 Å². The zero-order valence-corrected chi connectivity index (χ0v) is 16.1. The standard InChI is InChI=1S/C17H27N3O4S/c1-13-6-5-9-20(11-13)12-17(21)18-14-7-8-15(24-4)16(10-14)25(22,23)19(2)3/h7-8,10,13H,5-6,9,11-12H2,1-4H3,(H,18,21)/p+1/t13-/m1/s1. The number of amides is 1. The van der Waals surface area contributed by atoms with Gasteiger partial charge in [-0.15, -0.1) is 0 Å². The Balaban J connectivity index is 2.13. The molecule has 0 aromatic heterocycles. The number of hydrogen-bond acceptors (Lipinski definition) is 4. The maximum atomic E-state index is 12.4. The smallest absolute Gasteiger partial charge is 0.279 e. The van der Waals surface area contributed by atoms with Gasteiger partial charge in [0, 0.05) is 25.7 Å². The second-order valence-electron chi connectivity index (χ2n) is 6.83. The van der Waals surface area contributed by atoms with Gasteiger partial charge in [-0.1, -0.05) is 6.92 Å². The zero-order valence-electron chi connectivity index (χ0n) is 15.3. The first-order valence-electron chi connectivity index (χ1n) is 8.48. The van der Waals surface area contributed by atoms with Crippen molar-refractivity contribution in [1.82, 2.24) is 4.31 Å². The third-order valence-corrected chi connectivity index (χ3v) is 6.32. The molecule has 8 heteroatoms. The molecule has 1 saturated heterocycles. The highest BCUT2D eigenvalue weighted by molar-refractivity contribution is 7.89. The number of methoxy groups -OCH3 is 1. The van der Waals surface area contributed by atoms with E-state index in [1.807, 2.05) is 0 Å². The van der Waals surface area contributed by atoms with E-state index in [1.54, 1.807) is 12.1 Å². The molecule has 1 heterocycles. The van der Waals surface area contributed by atoms with Gasteiger partial charge in [0.2, 0.25) is 10.0 Å². The van der Waals surface area contributed by atoms with Crippen molar-refractivity contribution < 1.29 is 22.8 Å². The Kier molecular flexibility index (Phi) is 6.42. The molecule has 2 N–H and O–H groups in total. The normalized spacial score (nSPS) is 21.2. The molecular formula is C17H28N3O4S+. The van der Waals surface area contributed by atoms with Gasteiger partial charge in [0.05, 0.1) is 20.2 Å². The molecule has 140 valence electrons. The molecule has 0 radical (unpaired) electrons. The second-order valence-corrected chi connectivity index (χ2v) is 8.95. The Hall–Kier alpha value is -1.64. The van der Waals surface area contributed by atoms with Crippen LogP contribution in [0.15, 0.2) is 23.1 Å². The minimum Gasteiger partial charge on any atom is -0.495 e. The Morgan fingerprint density at radius 1 is 1.40 bits per heavy atom. The summed E-state index contributed by atoms with van der Waals surface area (Å²) < 4.78 is 31.1. The fraction of sp³-hybridized carbons (Fsp3) is 0.588. The van der Waals surface area contributed by atoms with Crippen molar-refractivity contribution in [3.63, 3.8) is 0 Å². The number of sulfonamides is 1. The molecule has 0 aliphatic carbocycles. The van der Waals surface area contributed by atoms with Crippen LogP contribution < -0.4 is 15.0 Å². The molecule has 2 rings (SSSR count). The molecule has 1 aliphatic rings. The van der Waals surface area contributed by atoms with E-state index < -0.39 is 10.0 Å². The number of ether oxygens (including phenoxy) is 1. The summed E-state index contributed by atoms with van der Waals surface area (Å²) in [5, 5.41) is 2.81. The minimum atomic E-state index is -3.66. The SMILES string of the molecule is COc1ccc(NC(=O)C[NH+]2CCC[C@@H](C)C2)cc1S(=O)(=O)N(C)C. The van der Waals surface area contributed by atoms with Gasteiger partial charge >= 0.3 is 0 Å². The van der Waals surface area contributed by atoms with Crippen molar-refractivity contribution >= 4 is 21.6 Å². The number of nitrogens with one attached hydrogen (secondary N) is 2. The molecule has 0 saturated carbocycles. The molecule has 25 heavy (non-hydrogen) atoms. The molecule has 1 aromatic carbocycles. The first-order valence-corrected chi connectivity index (χ1v) is 9.92. The van der Waals surface area contributed by atoms with Gasteiger partial charge in [-0.25, -0.2) is 12.7 Å². The van der Waals surface area contributed by atoms with Gasteiger partial charge in [-0.3, -0.25) is 4.79 Å². The van der Waals surface area contributed by atoms with E-state index >= 15 is 0 Å². The number of hydrogen-bond donors (Lipinski definition) is 2. The summed E-state index contributed by atoms with van der Waals surface area (Å²) >= 11 is 0. The predicted octanol–water partition coefficient (Wildman–Crippen LogP) is 0.199. The van der Waals surface area contributed by atoms with Gasteiger partial charge in [-0.05, 0) is 31.0 Å². The Morgan fingerprint density at radius 3 is 2.72 bits per heavy atom. The lowest BCUT2D eigenvalue weighted by atomic mass is 10.0. The van der Waals surface area contributed by atoms with Gasteiger partial charge in [0.1, 0.15) is 10.6 Å². The van der Waals surface area contributed by atoms with E-state index in [-0.39, 0.29) is 16.6 Å². The zero-order chi connectivity index (χ0) is 18.6. The third-order valence-electron chi connectivity index (χ3n) is 4.48. The maximum absolute atomic E-state index is 12.4. The number of anilines is 1. The summed E-state index contributed by atoms with van der Waals surface area (Å²) in [5.41, 5.74) is 0.454. The summed E-state index contributed by atoms with van der Waals surface area (Å²) in [7, 11) is 0.678. The maximum Gasteiger partial charge on any atom is 0.279 e. The van der Waals surface area contributed by atoms with Crippen LogP contribution in [0.25, 0.3) is 0 Å². The van der Waals surface area contributed by atoms with Crippen LogP contribution in [0.3, 0.4) is 0 Å². The number of likely N-dealkylation sites (tertiary alicyclic amines) is 1. The van der Waals surface area contributed by atoms with Crippen molar-refractivity contribution in [2.45, 2.75) is 24.7 Å². The fourth-order valence-electron chi connectivity index (χ4n) is 3.14. The largest absolute Gasteiger partial charge is 0.495 e. The number of rotatable bonds is 6. The molecule has 0 bridgehead atoms. The van der Waals surface area contributed by atoms with Crippen molar-refractivity contribution in [2.24, 2.45) is 5.92 Å². The van der Waals surface area contributed by atoms with Crippen LogP contribution in [0.5, 0.6) is 5.75 Å². The van der Waals surface area contributed by atoms with E-state index in [1.165, 1.54) is 38.6 Å². The average Bonchev–Trinajstić information content (AvgIpc) is 2.54. The van der Waals surface area contributed by atoms with E-state index in [2.05, 4.69) is 12.2 Å². The van der Waals surface area contributed by atoms with Crippen molar-refractivity contribution in [3.05, 3.63) is 18.2 Å². The van der Waals surface area contributed by atoms with E-state index in [0.717, 1.165) is 23.8 Å². The molecule has 1 aromatic rings. The molecule has 1 unspecified atom stereocenters. The first kappa shape index (κ1) is 19.7. The molecule has 1 amide bonds. The van der Waals surface area contributed by atoms with Crippen LogP contribution in [0.1, 0.15) is 19.8 Å².